The molecule has 3 nitrogen and oxygen atoms in total. The molecule has 0 saturated carbocycles. The molecule has 0 aliphatic heterocycles. The number of nitrogens with one attached hydrogen (secondary N) is 1. The van der Waals surface area contributed by atoms with Crippen LogP contribution in [0.4, 0.5) is 0 Å². The SMILES string of the molecule is CC(C)(C)c1ccc(OCCNC(=O)c2ccccc2Cl)cc1. The van der Waals surface area contributed by atoms with E-state index in [4.69, 9.17) is 16.3 Å². The van der Waals surface area contributed by atoms with Gasteiger partial charge in [-0.3, -0.25) is 4.79 Å². The van der Waals surface area contributed by atoms with Crippen molar-refractivity contribution in [3.05, 3.63) is 64.7 Å². The zero-order valence-corrected chi connectivity index (χ0v) is 14.5. The Morgan fingerprint density at radius 3 is 2.35 bits per heavy atom. The molecule has 2 rings (SSSR count). The Labute approximate surface area is 142 Å². The Kier molecular flexibility index (Phi) is 5.67. The van der Waals surface area contributed by atoms with E-state index in [9.17, 15) is 4.79 Å². The van der Waals surface area contributed by atoms with E-state index >= 15 is 0 Å². The van der Waals surface area contributed by atoms with Gasteiger partial charge < -0.3 is 10.1 Å². The fourth-order valence-corrected chi connectivity index (χ4v) is 2.35. The molecule has 0 aliphatic carbocycles. The summed E-state index contributed by atoms with van der Waals surface area (Å²) in [5.74, 6) is 0.604. The number of hydrogen-bond acceptors (Lipinski definition) is 2. The predicted octanol–water partition coefficient (Wildman–Crippen LogP) is 4.45. The summed E-state index contributed by atoms with van der Waals surface area (Å²) in [6, 6.07) is 15.0. The molecule has 0 heterocycles. The van der Waals surface area contributed by atoms with E-state index in [0.29, 0.717) is 23.7 Å². The number of rotatable bonds is 5. The van der Waals surface area contributed by atoms with Crippen LogP contribution >= 0.6 is 11.6 Å². The van der Waals surface area contributed by atoms with Crippen molar-refractivity contribution in [3.63, 3.8) is 0 Å². The Balaban J connectivity index is 1.79. The van der Waals surface area contributed by atoms with Crippen LogP contribution in [-0.4, -0.2) is 19.1 Å². The number of ether oxygens (including phenoxy) is 1. The molecular weight excluding hydrogens is 310 g/mol. The van der Waals surface area contributed by atoms with E-state index in [1.807, 2.05) is 12.1 Å². The standard InChI is InChI=1S/C19H22ClNO2/c1-19(2,3)14-8-10-15(11-9-14)23-13-12-21-18(22)16-6-4-5-7-17(16)20/h4-11H,12-13H2,1-3H3,(H,21,22). The Hall–Kier alpha value is -2.00. The van der Waals surface area contributed by atoms with Crippen molar-refractivity contribution in [3.8, 4) is 5.75 Å². The number of amides is 1. The highest BCUT2D eigenvalue weighted by atomic mass is 35.5. The highest BCUT2D eigenvalue weighted by molar-refractivity contribution is 6.33. The molecule has 0 saturated heterocycles. The molecule has 0 atom stereocenters. The molecule has 0 aliphatic rings. The third-order valence-electron chi connectivity index (χ3n) is 3.50. The lowest BCUT2D eigenvalue weighted by atomic mass is 9.87. The second-order valence-electron chi connectivity index (χ2n) is 6.36. The van der Waals surface area contributed by atoms with E-state index < -0.39 is 0 Å². The van der Waals surface area contributed by atoms with Gasteiger partial charge in [-0.05, 0) is 35.2 Å². The molecule has 4 heteroatoms. The first-order chi connectivity index (χ1) is 10.9. The van der Waals surface area contributed by atoms with Crippen molar-refractivity contribution in [2.24, 2.45) is 0 Å². The molecule has 0 radical (unpaired) electrons. The van der Waals surface area contributed by atoms with E-state index in [0.717, 1.165) is 5.75 Å². The van der Waals surface area contributed by atoms with Crippen molar-refractivity contribution in [2.75, 3.05) is 13.2 Å². The molecule has 2 aromatic carbocycles. The number of carbonyl (C=O) groups excluding carboxylic acids is 1. The normalized spacial score (nSPS) is 11.1. The van der Waals surface area contributed by atoms with Gasteiger partial charge in [0.1, 0.15) is 12.4 Å². The smallest absolute Gasteiger partial charge is 0.252 e. The maximum absolute atomic E-state index is 12.0. The lowest BCUT2D eigenvalue weighted by Crippen LogP contribution is -2.28. The third-order valence-corrected chi connectivity index (χ3v) is 3.82. The van der Waals surface area contributed by atoms with Crippen molar-refractivity contribution in [1.82, 2.24) is 5.32 Å². The number of hydrogen-bond donors (Lipinski definition) is 1. The molecule has 0 spiro atoms. The van der Waals surface area contributed by atoms with Crippen molar-refractivity contribution >= 4 is 17.5 Å². The van der Waals surface area contributed by atoms with Crippen LogP contribution in [0.5, 0.6) is 5.75 Å². The van der Waals surface area contributed by atoms with Crippen LogP contribution in [0.15, 0.2) is 48.5 Å². The van der Waals surface area contributed by atoms with Gasteiger partial charge >= 0.3 is 0 Å². The van der Waals surface area contributed by atoms with Gasteiger partial charge in [0.15, 0.2) is 0 Å². The largest absolute Gasteiger partial charge is 0.492 e. The molecule has 1 N–H and O–H groups in total. The average molecular weight is 332 g/mol. The minimum Gasteiger partial charge on any atom is -0.492 e. The summed E-state index contributed by atoms with van der Waals surface area (Å²) in [5.41, 5.74) is 1.86. The van der Waals surface area contributed by atoms with Crippen LogP contribution in [0.1, 0.15) is 36.7 Å². The molecule has 0 aromatic heterocycles. The Bertz CT molecular complexity index is 660. The van der Waals surface area contributed by atoms with Gasteiger partial charge in [-0.1, -0.05) is 56.6 Å². The molecule has 1 amide bonds. The van der Waals surface area contributed by atoms with Crippen LogP contribution in [0.2, 0.25) is 5.02 Å². The first-order valence-corrected chi connectivity index (χ1v) is 8.02. The fourth-order valence-electron chi connectivity index (χ4n) is 2.13. The van der Waals surface area contributed by atoms with Gasteiger partial charge in [-0.2, -0.15) is 0 Å². The number of halogens is 1. The minimum absolute atomic E-state index is 0.126. The summed E-state index contributed by atoms with van der Waals surface area (Å²) < 4.78 is 5.64. The minimum atomic E-state index is -0.192. The summed E-state index contributed by atoms with van der Waals surface area (Å²) >= 11 is 5.99. The first-order valence-electron chi connectivity index (χ1n) is 7.64. The highest BCUT2D eigenvalue weighted by Crippen LogP contribution is 2.24. The topological polar surface area (TPSA) is 38.3 Å². The number of carbonyl (C=O) groups is 1. The van der Waals surface area contributed by atoms with E-state index in [1.54, 1.807) is 24.3 Å². The van der Waals surface area contributed by atoms with E-state index in [2.05, 4.69) is 38.2 Å². The highest BCUT2D eigenvalue weighted by Gasteiger charge is 2.13. The zero-order chi connectivity index (χ0) is 16.9. The maximum Gasteiger partial charge on any atom is 0.252 e. The molecule has 0 bridgehead atoms. The van der Waals surface area contributed by atoms with Gasteiger partial charge in [0.2, 0.25) is 0 Å². The third kappa shape index (κ3) is 5.00. The molecular formula is C19H22ClNO2. The summed E-state index contributed by atoms with van der Waals surface area (Å²) in [5, 5.41) is 3.25. The summed E-state index contributed by atoms with van der Waals surface area (Å²) in [6.45, 7) is 7.35. The van der Waals surface area contributed by atoms with Crippen LogP contribution in [0.3, 0.4) is 0 Å². The lowest BCUT2D eigenvalue weighted by Gasteiger charge is -2.19. The van der Waals surface area contributed by atoms with Crippen molar-refractivity contribution in [2.45, 2.75) is 26.2 Å². The van der Waals surface area contributed by atoms with Gasteiger partial charge in [0, 0.05) is 0 Å². The molecule has 0 fully saturated rings. The summed E-state index contributed by atoms with van der Waals surface area (Å²) in [7, 11) is 0. The Morgan fingerprint density at radius 2 is 1.74 bits per heavy atom. The first kappa shape index (κ1) is 17.4. The van der Waals surface area contributed by atoms with Gasteiger partial charge in [-0.25, -0.2) is 0 Å². The maximum atomic E-state index is 12.0. The Morgan fingerprint density at radius 1 is 1.09 bits per heavy atom. The van der Waals surface area contributed by atoms with E-state index in [1.165, 1.54) is 5.56 Å². The van der Waals surface area contributed by atoms with Crippen molar-refractivity contribution < 1.29 is 9.53 Å². The van der Waals surface area contributed by atoms with E-state index in [-0.39, 0.29) is 11.3 Å². The molecule has 0 unspecified atom stereocenters. The van der Waals surface area contributed by atoms with Crippen LogP contribution in [0, 0.1) is 0 Å². The lowest BCUT2D eigenvalue weighted by molar-refractivity contribution is 0.0947. The quantitative estimate of drug-likeness (QED) is 0.822. The van der Waals surface area contributed by atoms with Crippen LogP contribution < -0.4 is 10.1 Å². The summed E-state index contributed by atoms with van der Waals surface area (Å²) in [6.07, 6.45) is 0. The van der Waals surface area contributed by atoms with Gasteiger partial charge in [0.05, 0.1) is 17.1 Å². The van der Waals surface area contributed by atoms with Gasteiger partial charge in [-0.15, -0.1) is 0 Å². The van der Waals surface area contributed by atoms with Crippen LogP contribution in [0.25, 0.3) is 0 Å². The predicted molar refractivity (Wildman–Crippen MR) is 94.4 cm³/mol. The molecule has 122 valence electrons. The second-order valence-corrected chi connectivity index (χ2v) is 6.77. The number of benzene rings is 2. The molecule has 23 heavy (non-hydrogen) atoms. The van der Waals surface area contributed by atoms with Crippen LogP contribution in [-0.2, 0) is 5.41 Å². The average Bonchev–Trinajstić information content (AvgIpc) is 2.51. The monoisotopic (exact) mass is 331 g/mol. The zero-order valence-electron chi connectivity index (χ0n) is 13.7. The fraction of sp³-hybridized carbons (Fsp3) is 0.316. The summed E-state index contributed by atoms with van der Waals surface area (Å²) in [4.78, 5) is 12.0. The van der Waals surface area contributed by atoms with Crippen molar-refractivity contribution in [1.29, 1.82) is 0 Å². The second kappa shape index (κ2) is 7.51. The molecule has 2 aromatic rings. The van der Waals surface area contributed by atoms with Gasteiger partial charge in [0.25, 0.3) is 5.91 Å².